The van der Waals surface area contributed by atoms with Crippen molar-refractivity contribution in [3.05, 3.63) is 71.4 Å². The van der Waals surface area contributed by atoms with Crippen LogP contribution in [0.15, 0.2) is 65.9 Å². The molecule has 6 heteroatoms. The topological polar surface area (TPSA) is 61.9 Å². The van der Waals surface area contributed by atoms with Gasteiger partial charge in [0.2, 0.25) is 0 Å². The highest BCUT2D eigenvalue weighted by Gasteiger charge is 2.43. The molecule has 1 unspecified atom stereocenters. The maximum Gasteiger partial charge on any atom is 0.322 e. The Morgan fingerprint density at radius 3 is 2.38 bits per heavy atom. The van der Waals surface area contributed by atoms with Crippen LogP contribution in [0.3, 0.4) is 0 Å². The summed E-state index contributed by atoms with van der Waals surface area (Å²) in [6.45, 7) is 0.435. The molecule has 1 N–H and O–H groups in total. The molecule has 6 nitrogen and oxygen atoms in total. The molecule has 2 aromatic carbocycles. The molecule has 0 saturated heterocycles. The number of benzene rings is 2. The van der Waals surface area contributed by atoms with E-state index in [2.05, 4.69) is 5.32 Å². The number of hydrogen-bond acceptors (Lipinski definition) is 3. The Kier molecular flexibility index (Phi) is 3.88. The molecule has 0 bridgehead atoms. The molecule has 3 amide bonds. The number of carbonyl (C=O) groups is 2. The molecule has 0 aromatic heterocycles. The van der Waals surface area contributed by atoms with E-state index in [9.17, 15) is 9.59 Å². The second-order valence-electron chi connectivity index (χ2n) is 6.32. The van der Waals surface area contributed by atoms with Gasteiger partial charge in [0.25, 0.3) is 5.91 Å². The van der Waals surface area contributed by atoms with E-state index >= 15 is 0 Å². The van der Waals surface area contributed by atoms with Crippen LogP contribution in [0.4, 0.5) is 10.5 Å². The number of amides is 3. The average molecular weight is 349 g/mol. The molecule has 1 atom stereocenters. The molecule has 2 aromatic rings. The Balaban J connectivity index is 1.72. The van der Waals surface area contributed by atoms with Gasteiger partial charge in [-0.05, 0) is 29.8 Å². The van der Waals surface area contributed by atoms with Crippen LogP contribution in [0.1, 0.15) is 11.6 Å². The van der Waals surface area contributed by atoms with Gasteiger partial charge >= 0.3 is 6.03 Å². The van der Waals surface area contributed by atoms with Crippen LogP contribution in [0.5, 0.6) is 5.75 Å². The number of likely N-dealkylation sites (N-methyl/N-ethyl adjacent to an activating group) is 1. The normalized spacial score (nSPS) is 19.5. The van der Waals surface area contributed by atoms with Gasteiger partial charge in [0.15, 0.2) is 0 Å². The summed E-state index contributed by atoms with van der Waals surface area (Å²) >= 11 is 0. The lowest BCUT2D eigenvalue weighted by Gasteiger charge is -2.31. The predicted molar refractivity (Wildman–Crippen MR) is 97.9 cm³/mol. The van der Waals surface area contributed by atoms with Crippen molar-refractivity contribution in [1.82, 2.24) is 10.2 Å². The molecular formula is C20H19N3O3. The summed E-state index contributed by atoms with van der Waals surface area (Å²) in [5, 5.41) is 2.99. The van der Waals surface area contributed by atoms with Crippen LogP contribution in [-0.4, -0.2) is 37.5 Å². The van der Waals surface area contributed by atoms with Gasteiger partial charge in [0.05, 0.1) is 19.7 Å². The van der Waals surface area contributed by atoms with Gasteiger partial charge < -0.3 is 15.0 Å². The minimum atomic E-state index is -0.304. The van der Waals surface area contributed by atoms with Crippen molar-refractivity contribution in [2.45, 2.75) is 6.04 Å². The fourth-order valence-corrected chi connectivity index (χ4v) is 3.48. The lowest BCUT2D eigenvalue weighted by Crippen LogP contribution is -2.45. The molecule has 2 aliphatic heterocycles. The third-order valence-electron chi connectivity index (χ3n) is 4.85. The quantitative estimate of drug-likeness (QED) is 0.927. The number of nitrogens with one attached hydrogen (secondary N) is 1. The monoisotopic (exact) mass is 349 g/mol. The van der Waals surface area contributed by atoms with E-state index < -0.39 is 0 Å². The van der Waals surface area contributed by atoms with E-state index in [0.29, 0.717) is 12.2 Å². The highest BCUT2D eigenvalue weighted by Crippen LogP contribution is 2.37. The summed E-state index contributed by atoms with van der Waals surface area (Å²) < 4.78 is 5.18. The number of urea groups is 1. The highest BCUT2D eigenvalue weighted by molar-refractivity contribution is 6.11. The number of ether oxygens (including phenoxy) is 1. The average Bonchev–Trinajstić information content (AvgIpc) is 3.03. The van der Waals surface area contributed by atoms with Crippen molar-refractivity contribution < 1.29 is 14.3 Å². The first-order chi connectivity index (χ1) is 12.6. The van der Waals surface area contributed by atoms with E-state index in [1.807, 2.05) is 54.6 Å². The lowest BCUT2D eigenvalue weighted by atomic mass is 9.96. The maximum absolute atomic E-state index is 13.0. The van der Waals surface area contributed by atoms with Gasteiger partial charge in [-0.3, -0.25) is 9.69 Å². The first-order valence-corrected chi connectivity index (χ1v) is 8.38. The van der Waals surface area contributed by atoms with E-state index in [1.54, 1.807) is 19.1 Å². The second kappa shape index (κ2) is 6.22. The van der Waals surface area contributed by atoms with Crippen molar-refractivity contribution in [1.29, 1.82) is 0 Å². The van der Waals surface area contributed by atoms with Crippen molar-refractivity contribution in [2.24, 2.45) is 0 Å². The molecule has 0 aliphatic carbocycles. The Morgan fingerprint density at radius 1 is 1.04 bits per heavy atom. The Bertz CT molecular complexity index is 890. The molecule has 0 radical (unpaired) electrons. The van der Waals surface area contributed by atoms with Gasteiger partial charge in [-0.25, -0.2) is 4.79 Å². The molecule has 0 spiro atoms. The smallest absolute Gasteiger partial charge is 0.322 e. The molecule has 0 fully saturated rings. The zero-order valence-electron chi connectivity index (χ0n) is 14.6. The first kappa shape index (κ1) is 16.2. The number of anilines is 1. The van der Waals surface area contributed by atoms with Gasteiger partial charge in [0.1, 0.15) is 11.4 Å². The van der Waals surface area contributed by atoms with Crippen LogP contribution in [0.2, 0.25) is 0 Å². The Morgan fingerprint density at radius 2 is 1.73 bits per heavy atom. The first-order valence-electron chi connectivity index (χ1n) is 8.38. The third-order valence-corrected chi connectivity index (χ3v) is 4.85. The zero-order valence-corrected chi connectivity index (χ0v) is 14.6. The molecule has 26 heavy (non-hydrogen) atoms. The number of carbonyl (C=O) groups excluding carboxylic acids is 2. The van der Waals surface area contributed by atoms with Crippen molar-refractivity contribution in [3.63, 3.8) is 0 Å². The summed E-state index contributed by atoms with van der Waals surface area (Å²) in [6, 6.07) is 16.5. The highest BCUT2D eigenvalue weighted by atomic mass is 16.5. The van der Waals surface area contributed by atoms with E-state index in [4.69, 9.17) is 4.74 Å². The SMILES string of the molecule is COc1ccc(N2CC3=C(C2=O)N(C)C(=O)NC3c2ccccc2)cc1. The molecule has 132 valence electrons. The third kappa shape index (κ3) is 2.50. The fraction of sp³-hybridized carbons (Fsp3) is 0.200. The predicted octanol–water partition coefficient (Wildman–Crippen LogP) is 2.69. The van der Waals surface area contributed by atoms with Crippen molar-refractivity contribution >= 4 is 17.6 Å². The van der Waals surface area contributed by atoms with Gasteiger partial charge in [-0.1, -0.05) is 30.3 Å². The Labute approximate surface area is 151 Å². The zero-order chi connectivity index (χ0) is 18.3. The molecule has 0 saturated carbocycles. The fourth-order valence-electron chi connectivity index (χ4n) is 3.48. The van der Waals surface area contributed by atoms with Crippen molar-refractivity contribution in [2.75, 3.05) is 25.6 Å². The van der Waals surface area contributed by atoms with Gasteiger partial charge in [0, 0.05) is 18.3 Å². The summed E-state index contributed by atoms with van der Waals surface area (Å²) in [5.74, 6) is 0.567. The van der Waals surface area contributed by atoms with E-state index in [-0.39, 0.29) is 18.0 Å². The maximum atomic E-state index is 13.0. The molecule has 4 rings (SSSR count). The molecular weight excluding hydrogens is 330 g/mol. The number of hydrogen-bond donors (Lipinski definition) is 1. The number of methoxy groups -OCH3 is 1. The minimum Gasteiger partial charge on any atom is -0.497 e. The lowest BCUT2D eigenvalue weighted by molar-refractivity contribution is -0.115. The standard InChI is InChI=1S/C20H19N3O3/c1-22-18-16(17(21-20(22)25)13-6-4-3-5-7-13)12-23(19(18)24)14-8-10-15(26-2)11-9-14/h3-11,17H,12H2,1-2H3,(H,21,25). The van der Waals surface area contributed by atoms with Crippen LogP contribution in [-0.2, 0) is 4.79 Å². The molecule has 2 aliphatic rings. The largest absolute Gasteiger partial charge is 0.497 e. The second-order valence-corrected chi connectivity index (χ2v) is 6.32. The molecule has 2 heterocycles. The van der Waals surface area contributed by atoms with E-state index in [0.717, 1.165) is 22.6 Å². The van der Waals surface area contributed by atoms with Gasteiger partial charge in [-0.2, -0.15) is 0 Å². The van der Waals surface area contributed by atoms with Crippen LogP contribution in [0.25, 0.3) is 0 Å². The Hall–Kier alpha value is -3.28. The summed E-state index contributed by atoms with van der Waals surface area (Å²) in [5.41, 5.74) is 3.10. The van der Waals surface area contributed by atoms with Crippen LogP contribution >= 0.6 is 0 Å². The van der Waals surface area contributed by atoms with Crippen molar-refractivity contribution in [3.8, 4) is 5.75 Å². The summed E-state index contributed by atoms with van der Waals surface area (Å²) in [4.78, 5) is 28.5. The van der Waals surface area contributed by atoms with Crippen LogP contribution in [0, 0.1) is 0 Å². The van der Waals surface area contributed by atoms with Gasteiger partial charge in [-0.15, -0.1) is 0 Å². The summed E-state index contributed by atoms with van der Waals surface area (Å²) in [7, 11) is 3.23. The number of nitrogens with zero attached hydrogens (tertiary/aromatic N) is 2. The number of rotatable bonds is 3. The summed E-state index contributed by atoms with van der Waals surface area (Å²) in [6.07, 6.45) is 0. The minimum absolute atomic E-state index is 0.163. The van der Waals surface area contributed by atoms with Crippen LogP contribution < -0.4 is 15.0 Å². The van der Waals surface area contributed by atoms with E-state index in [1.165, 1.54) is 4.90 Å².